The van der Waals surface area contributed by atoms with Crippen molar-refractivity contribution >= 4 is 16.8 Å². The molecule has 0 aliphatic heterocycles. The van der Waals surface area contributed by atoms with Crippen LogP contribution in [0.15, 0.2) is 46.9 Å². The first-order valence-electron chi connectivity index (χ1n) is 6.48. The molecule has 0 amide bonds. The molecule has 1 heterocycles. The Bertz CT molecular complexity index is 716. The first-order chi connectivity index (χ1) is 9.26. The topological polar surface area (TPSA) is 52.0 Å². The number of benzene rings is 2. The van der Waals surface area contributed by atoms with E-state index in [0.29, 0.717) is 12.3 Å². The molecule has 19 heavy (non-hydrogen) atoms. The summed E-state index contributed by atoms with van der Waals surface area (Å²) in [5.74, 6) is 0.709. The maximum absolute atomic E-state index is 5.94. The molecule has 0 bridgehead atoms. The number of nitrogens with zero attached hydrogens (tertiary/aromatic N) is 1. The summed E-state index contributed by atoms with van der Waals surface area (Å²) in [6.45, 7) is 2.13. The fourth-order valence-corrected chi connectivity index (χ4v) is 2.17. The lowest BCUT2D eigenvalue weighted by Gasteiger charge is -2.01. The summed E-state index contributed by atoms with van der Waals surface area (Å²) in [4.78, 5) is 4.54. The summed E-state index contributed by atoms with van der Waals surface area (Å²) < 4.78 is 5.76. The predicted octanol–water partition coefficient (Wildman–Crippen LogP) is 3.56. The summed E-state index contributed by atoms with van der Waals surface area (Å²) in [6.07, 6.45) is 1.63. The van der Waals surface area contributed by atoms with Crippen LogP contribution < -0.4 is 5.73 Å². The molecule has 0 atom stereocenters. The number of aromatic nitrogens is 1. The predicted molar refractivity (Wildman–Crippen MR) is 77.0 cm³/mol. The fraction of sp³-hybridized carbons (Fsp3) is 0.188. The van der Waals surface area contributed by atoms with Gasteiger partial charge in [0.05, 0.1) is 6.42 Å². The van der Waals surface area contributed by atoms with E-state index < -0.39 is 0 Å². The average Bonchev–Trinajstić information content (AvgIpc) is 2.82. The molecular formula is C16H16N2O. The molecule has 0 aliphatic carbocycles. The zero-order chi connectivity index (χ0) is 13.2. The van der Waals surface area contributed by atoms with Gasteiger partial charge in [0.25, 0.3) is 0 Å². The fourth-order valence-electron chi connectivity index (χ4n) is 2.17. The number of aryl methyl sites for hydroxylation is 1. The summed E-state index contributed by atoms with van der Waals surface area (Å²) in [7, 11) is 0. The Kier molecular flexibility index (Phi) is 2.95. The molecule has 0 aliphatic rings. The number of rotatable bonds is 3. The molecule has 2 aromatic carbocycles. The van der Waals surface area contributed by atoms with Crippen LogP contribution >= 0.6 is 0 Å². The maximum atomic E-state index is 5.94. The third-order valence-electron chi connectivity index (χ3n) is 3.30. The highest BCUT2D eigenvalue weighted by atomic mass is 16.3. The Balaban J connectivity index is 1.95. The molecule has 0 radical (unpaired) electrons. The van der Waals surface area contributed by atoms with Crippen molar-refractivity contribution in [1.82, 2.24) is 4.98 Å². The number of hydrogen-bond donors (Lipinski definition) is 1. The number of para-hydroxylation sites is 1. The van der Waals surface area contributed by atoms with Gasteiger partial charge in [0.15, 0.2) is 11.5 Å². The number of oxazole rings is 1. The van der Waals surface area contributed by atoms with Gasteiger partial charge in [-0.05, 0) is 35.7 Å². The Hall–Kier alpha value is -2.29. The molecule has 1 aromatic heterocycles. The van der Waals surface area contributed by atoms with Crippen molar-refractivity contribution in [3.63, 3.8) is 0 Å². The molecule has 0 fully saturated rings. The zero-order valence-corrected chi connectivity index (χ0v) is 10.9. The summed E-state index contributed by atoms with van der Waals surface area (Å²) in [5.41, 5.74) is 10.8. The lowest BCUT2D eigenvalue weighted by molar-refractivity contribution is 0.544. The standard InChI is InChI=1S/C16H16N2O/c1-2-11-7-8-15-14(9-11)18-16(19-15)10-12-5-3-4-6-13(12)17/h3-9H,2,10,17H2,1H3. The first kappa shape index (κ1) is 11.8. The van der Waals surface area contributed by atoms with Crippen LogP contribution in [0.4, 0.5) is 5.69 Å². The van der Waals surface area contributed by atoms with Crippen LogP contribution in [0.3, 0.4) is 0 Å². The highest BCUT2D eigenvalue weighted by Gasteiger charge is 2.08. The van der Waals surface area contributed by atoms with Crippen molar-refractivity contribution in [3.05, 3.63) is 59.5 Å². The minimum Gasteiger partial charge on any atom is -0.440 e. The number of anilines is 1. The van der Waals surface area contributed by atoms with Crippen LogP contribution in [-0.4, -0.2) is 4.98 Å². The number of nitrogens with two attached hydrogens (primary N) is 1. The Morgan fingerprint density at radius 3 is 2.79 bits per heavy atom. The van der Waals surface area contributed by atoms with E-state index in [1.54, 1.807) is 0 Å². The molecular weight excluding hydrogens is 236 g/mol. The van der Waals surface area contributed by atoms with E-state index in [2.05, 4.69) is 24.0 Å². The van der Waals surface area contributed by atoms with E-state index in [1.165, 1.54) is 5.56 Å². The van der Waals surface area contributed by atoms with Gasteiger partial charge >= 0.3 is 0 Å². The van der Waals surface area contributed by atoms with Crippen molar-refractivity contribution in [1.29, 1.82) is 0 Å². The summed E-state index contributed by atoms with van der Waals surface area (Å²) >= 11 is 0. The Labute approximate surface area is 112 Å². The zero-order valence-electron chi connectivity index (χ0n) is 10.9. The summed E-state index contributed by atoms with van der Waals surface area (Å²) in [5, 5.41) is 0. The Morgan fingerprint density at radius 1 is 1.16 bits per heavy atom. The van der Waals surface area contributed by atoms with E-state index in [1.807, 2.05) is 30.3 Å². The highest BCUT2D eigenvalue weighted by molar-refractivity contribution is 5.73. The lowest BCUT2D eigenvalue weighted by Crippen LogP contribution is -1.95. The van der Waals surface area contributed by atoms with E-state index in [-0.39, 0.29) is 0 Å². The first-order valence-corrected chi connectivity index (χ1v) is 6.48. The molecule has 0 saturated carbocycles. The molecule has 0 unspecified atom stereocenters. The van der Waals surface area contributed by atoms with Crippen LogP contribution in [0.5, 0.6) is 0 Å². The Morgan fingerprint density at radius 2 is 2.00 bits per heavy atom. The summed E-state index contributed by atoms with van der Waals surface area (Å²) in [6, 6.07) is 13.9. The quantitative estimate of drug-likeness (QED) is 0.725. The second-order valence-electron chi connectivity index (χ2n) is 4.64. The molecule has 2 N–H and O–H groups in total. The van der Waals surface area contributed by atoms with Crippen molar-refractivity contribution in [2.24, 2.45) is 0 Å². The molecule has 96 valence electrons. The molecule has 3 aromatic rings. The normalized spacial score (nSPS) is 11.0. The van der Waals surface area contributed by atoms with Gasteiger partial charge < -0.3 is 10.2 Å². The van der Waals surface area contributed by atoms with Gasteiger partial charge in [-0.15, -0.1) is 0 Å². The van der Waals surface area contributed by atoms with E-state index in [4.69, 9.17) is 10.2 Å². The molecule has 3 heteroatoms. The van der Waals surface area contributed by atoms with Gasteiger partial charge in [0.2, 0.25) is 0 Å². The SMILES string of the molecule is CCc1ccc2oc(Cc3ccccc3N)nc2c1. The lowest BCUT2D eigenvalue weighted by atomic mass is 10.1. The number of hydrogen-bond acceptors (Lipinski definition) is 3. The minimum absolute atomic E-state index is 0.628. The van der Waals surface area contributed by atoms with Crippen molar-refractivity contribution in [2.75, 3.05) is 5.73 Å². The second-order valence-corrected chi connectivity index (χ2v) is 4.64. The van der Waals surface area contributed by atoms with Crippen molar-refractivity contribution < 1.29 is 4.42 Å². The van der Waals surface area contributed by atoms with Crippen molar-refractivity contribution in [3.8, 4) is 0 Å². The largest absolute Gasteiger partial charge is 0.440 e. The van der Waals surface area contributed by atoms with Crippen LogP contribution in [0.2, 0.25) is 0 Å². The van der Waals surface area contributed by atoms with Crippen LogP contribution in [-0.2, 0) is 12.8 Å². The highest BCUT2D eigenvalue weighted by Crippen LogP contribution is 2.21. The maximum Gasteiger partial charge on any atom is 0.199 e. The molecule has 0 saturated heterocycles. The third kappa shape index (κ3) is 2.32. The minimum atomic E-state index is 0.628. The molecule has 3 nitrogen and oxygen atoms in total. The van der Waals surface area contributed by atoms with Gasteiger partial charge in [-0.3, -0.25) is 0 Å². The van der Waals surface area contributed by atoms with Gasteiger partial charge in [0, 0.05) is 5.69 Å². The third-order valence-corrected chi connectivity index (χ3v) is 3.30. The van der Waals surface area contributed by atoms with E-state index in [0.717, 1.165) is 28.8 Å². The average molecular weight is 252 g/mol. The second kappa shape index (κ2) is 4.76. The van der Waals surface area contributed by atoms with E-state index >= 15 is 0 Å². The van der Waals surface area contributed by atoms with E-state index in [9.17, 15) is 0 Å². The molecule has 3 rings (SSSR count). The van der Waals surface area contributed by atoms with Gasteiger partial charge in [0.1, 0.15) is 5.52 Å². The molecule has 0 spiro atoms. The van der Waals surface area contributed by atoms with Crippen LogP contribution in [0.25, 0.3) is 11.1 Å². The smallest absolute Gasteiger partial charge is 0.199 e. The van der Waals surface area contributed by atoms with Gasteiger partial charge in [-0.25, -0.2) is 4.98 Å². The van der Waals surface area contributed by atoms with Gasteiger partial charge in [-0.1, -0.05) is 31.2 Å². The van der Waals surface area contributed by atoms with Crippen LogP contribution in [0.1, 0.15) is 23.9 Å². The van der Waals surface area contributed by atoms with Crippen molar-refractivity contribution in [2.45, 2.75) is 19.8 Å². The van der Waals surface area contributed by atoms with Gasteiger partial charge in [-0.2, -0.15) is 0 Å². The monoisotopic (exact) mass is 252 g/mol. The van der Waals surface area contributed by atoms with Crippen LogP contribution in [0, 0.1) is 0 Å². The number of nitrogen functional groups attached to an aromatic ring is 1. The number of fused-ring (bicyclic) bond motifs is 1.